The Balaban J connectivity index is 1.45. The van der Waals surface area contributed by atoms with Crippen LogP contribution in [0.1, 0.15) is 69.1 Å². The van der Waals surface area contributed by atoms with Crippen LogP contribution in [0.3, 0.4) is 0 Å². The van der Waals surface area contributed by atoms with Crippen LogP contribution in [0.25, 0.3) is 34.4 Å². The van der Waals surface area contributed by atoms with E-state index in [0.29, 0.717) is 0 Å². The van der Waals surface area contributed by atoms with Crippen LogP contribution in [-0.4, -0.2) is 0 Å². The molecule has 0 saturated heterocycles. The second kappa shape index (κ2) is 9.54. The molecule has 0 spiro atoms. The molecule has 2 aliphatic rings. The van der Waals surface area contributed by atoms with Crippen molar-refractivity contribution < 1.29 is 0 Å². The van der Waals surface area contributed by atoms with E-state index in [1.54, 1.807) is 0 Å². The quantitative estimate of drug-likeness (QED) is 0.222. The summed E-state index contributed by atoms with van der Waals surface area (Å²) in [6.45, 7) is 13.2. The summed E-state index contributed by atoms with van der Waals surface area (Å²) in [6, 6.07) is 26.6. The van der Waals surface area contributed by atoms with Gasteiger partial charge in [0.25, 0.3) is 0 Å². The molecule has 0 amide bonds. The fourth-order valence-electron chi connectivity index (χ4n) is 6.65. The van der Waals surface area contributed by atoms with Crippen molar-refractivity contribution in [1.29, 1.82) is 0 Å². The van der Waals surface area contributed by atoms with Crippen molar-refractivity contribution in [2.45, 2.75) is 52.3 Å². The highest BCUT2D eigenvalue weighted by Crippen LogP contribution is 2.58. The molecule has 2 aliphatic carbocycles. The highest BCUT2D eigenvalue weighted by atomic mass is 35.5. The van der Waals surface area contributed by atoms with E-state index in [0.717, 1.165) is 0 Å². The van der Waals surface area contributed by atoms with E-state index in [1.807, 2.05) is 0 Å². The molecule has 6 rings (SSSR count). The highest BCUT2D eigenvalue weighted by Gasteiger charge is 2.42. The maximum atomic E-state index is 7.28. The molecule has 0 nitrogen and oxygen atoms in total. The lowest BCUT2D eigenvalue weighted by Gasteiger charge is -2.32. The van der Waals surface area contributed by atoms with Crippen LogP contribution < -0.4 is 0 Å². The van der Waals surface area contributed by atoms with Gasteiger partial charge in [-0.15, -0.1) is 23.2 Å². The third-order valence-corrected chi connectivity index (χ3v) is 9.42. The maximum Gasteiger partial charge on any atom is 0.0813 e. The first kappa shape index (κ1) is 26.2. The van der Waals surface area contributed by atoms with E-state index in [1.165, 1.54) is 77.9 Å². The predicted molar refractivity (Wildman–Crippen MR) is 170 cm³/mol. The second-order valence-electron chi connectivity index (χ2n) is 11.9. The second-order valence-corrected chi connectivity index (χ2v) is 12.8. The zero-order chi connectivity index (χ0) is 27.6. The molecule has 4 aromatic rings. The Bertz CT molecular complexity index is 1530. The van der Waals surface area contributed by atoms with Gasteiger partial charge in [-0.3, -0.25) is 0 Å². The molecule has 2 heteroatoms. The zero-order valence-electron chi connectivity index (χ0n) is 23.5. The van der Waals surface area contributed by atoms with Crippen molar-refractivity contribution in [1.82, 2.24) is 0 Å². The van der Waals surface area contributed by atoms with E-state index in [2.05, 4.69) is 126 Å². The molecule has 0 radical (unpaired) electrons. The average molecular weight is 550 g/mol. The summed E-state index contributed by atoms with van der Waals surface area (Å²) in [7, 11) is 0. The molecule has 0 fully saturated rings. The monoisotopic (exact) mass is 548 g/mol. The van der Waals surface area contributed by atoms with Crippen molar-refractivity contribution in [2.75, 3.05) is 0 Å². The number of alkyl halides is 2. The minimum atomic E-state index is -0.323. The van der Waals surface area contributed by atoms with Crippen LogP contribution >= 0.6 is 23.2 Å². The number of hydrogen-bond acceptors (Lipinski definition) is 0. The maximum absolute atomic E-state index is 7.28. The normalized spacial score (nSPS) is 18.1. The summed E-state index contributed by atoms with van der Waals surface area (Å²) in [4.78, 5) is 0. The van der Waals surface area contributed by atoms with Crippen molar-refractivity contribution in [3.05, 3.63) is 128 Å². The van der Waals surface area contributed by atoms with Gasteiger partial charge in [-0.2, -0.15) is 0 Å². The van der Waals surface area contributed by atoms with Crippen LogP contribution in [0.5, 0.6) is 0 Å². The molecule has 2 unspecified atom stereocenters. The lowest BCUT2D eigenvalue weighted by molar-refractivity contribution is 0.519. The summed E-state index contributed by atoms with van der Waals surface area (Å²) < 4.78 is 0. The summed E-state index contributed by atoms with van der Waals surface area (Å²) in [5.41, 5.74) is 16.9. The standard InChI is InChI=1S/C37H34Cl2/c1-21-13-22(2)16-25(15-21)27-9-7-11-29-31(27)19-33(35(29)38)37(5,6)34-20-32-28(10-8-12-30(32)36(34)39)26-17-23(3)14-24(4)18-26/h7-20,35-36H,1-6H3. The first-order chi connectivity index (χ1) is 18.5. The van der Waals surface area contributed by atoms with Crippen LogP contribution in [0.4, 0.5) is 0 Å². The van der Waals surface area contributed by atoms with Gasteiger partial charge >= 0.3 is 0 Å². The predicted octanol–water partition coefficient (Wildman–Crippen LogP) is 11.3. The number of allylic oxidation sites excluding steroid dienone is 2. The van der Waals surface area contributed by atoms with Gasteiger partial charge < -0.3 is 0 Å². The van der Waals surface area contributed by atoms with Gasteiger partial charge in [0.15, 0.2) is 0 Å². The molecular formula is C37H34Cl2. The van der Waals surface area contributed by atoms with Gasteiger partial charge in [0.2, 0.25) is 0 Å². The third-order valence-electron chi connectivity index (χ3n) is 8.48. The molecule has 0 aromatic heterocycles. The minimum absolute atomic E-state index is 0.201. The number of hydrogen-bond donors (Lipinski definition) is 0. The molecule has 4 aromatic carbocycles. The van der Waals surface area contributed by atoms with Gasteiger partial charge in [-0.25, -0.2) is 0 Å². The SMILES string of the molecule is Cc1cc(C)cc(-c2cccc3c2C=C(C(C)(C)C2=Cc4c(-c5cc(C)cc(C)c5)cccc4C2Cl)C3Cl)c1. The molecule has 0 N–H and O–H groups in total. The molecule has 0 saturated carbocycles. The Morgan fingerprint density at radius 1 is 0.538 bits per heavy atom. The summed E-state index contributed by atoms with van der Waals surface area (Å²) in [6.07, 6.45) is 4.66. The van der Waals surface area contributed by atoms with Crippen LogP contribution in [0.15, 0.2) is 83.9 Å². The average Bonchev–Trinajstić information content (AvgIpc) is 3.41. The Morgan fingerprint density at radius 2 is 0.897 bits per heavy atom. The summed E-state index contributed by atoms with van der Waals surface area (Å²) >= 11 is 14.6. The summed E-state index contributed by atoms with van der Waals surface area (Å²) in [5, 5.41) is -0.401. The minimum Gasteiger partial charge on any atom is -0.113 e. The number of benzene rings is 4. The molecule has 196 valence electrons. The summed E-state index contributed by atoms with van der Waals surface area (Å²) in [5.74, 6) is 0. The van der Waals surface area contributed by atoms with Gasteiger partial charge in [0.05, 0.1) is 10.8 Å². The van der Waals surface area contributed by atoms with Gasteiger partial charge in [-0.1, -0.05) is 121 Å². The van der Waals surface area contributed by atoms with Crippen LogP contribution in [0, 0.1) is 33.1 Å². The van der Waals surface area contributed by atoms with Crippen LogP contribution in [0.2, 0.25) is 0 Å². The van der Waals surface area contributed by atoms with Crippen molar-refractivity contribution in [3.8, 4) is 22.3 Å². The Labute approximate surface area is 243 Å². The van der Waals surface area contributed by atoms with Crippen LogP contribution in [-0.2, 0) is 0 Å². The fraction of sp³-hybridized carbons (Fsp3) is 0.243. The van der Waals surface area contributed by atoms with E-state index in [-0.39, 0.29) is 16.2 Å². The van der Waals surface area contributed by atoms with Gasteiger partial charge in [-0.05, 0) is 83.3 Å². The van der Waals surface area contributed by atoms with Crippen molar-refractivity contribution in [2.24, 2.45) is 5.41 Å². The van der Waals surface area contributed by atoms with E-state index in [9.17, 15) is 0 Å². The smallest absolute Gasteiger partial charge is 0.0813 e. The zero-order valence-corrected chi connectivity index (χ0v) is 25.0. The number of halogens is 2. The molecule has 0 aliphatic heterocycles. The first-order valence-electron chi connectivity index (χ1n) is 13.7. The number of rotatable bonds is 4. The van der Waals surface area contributed by atoms with E-state index in [4.69, 9.17) is 23.2 Å². The topological polar surface area (TPSA) is 0 Å². The lowest BCUT2D eigenvalue weighted by atomic mass is 9.75. The van der Waals surface area contributed by atoms with E-state index >= 15 is 0 Å². The number of aryl methyl sites for hydroxylation is 4. The fourth-order valence-corrected chi connectivity index (χ4v) is 7.70. The van der Waals surface area contributed by atoms with Gasteiger partial charge in [0, 0.05) is 5.41 Å². The first-order valence-corrected chi connectivity index (χ1v) is 14.6. The van der Waals surface area contributed by atoms with Crippen molar-refractivity contribution >= 4 is 35.4 Å². The van der Waals surface area contributed by atoms with E-state index < -0.39 is 0 Å². The molecule has 39 heavy (non-hydrogen) atoms. The third kappa shape index (κ3) is 4.39. The van der Waals surface area contributed by atoms with Crippen molar-refractivity contribution in [3.63, 3.8) is 0 Å². The largest absolute Gasteiger partial charge is 0.113 e. The molecule has 0 heterocycles. The van der Waals surface area contributed by atoms with Gasteiger partial charge in [0.1, 0.15) is 0 Å². The Morgan fingerprint density at radius 3 is 1.26 bits per heavy atom. The highest BCUT2D eigenvalue weighted by molar-refractivity contribution is 6.26. The number of fused-ring (bicyclic) bond motifs is 2. The Kier molecular flexibility index (Phi) is 6.41. The lowest BCUT2D eigenvalue weighted by Crippen LogP contribution is -2.20. The molecular weight excluding hydrogens is 515 g/mol. The molecule has 0 bridgehead atoms. The molecule has 2 atom stereocenters. The Hall–Kier alpha value is -3.06.